The van der Waals surface area contributed by atoms with Gasteiger partial charge in [0.15, 0.2) is 0 Å². The summed E-state index contributed by atoms with van der Waals surface area (Å²) in [5.41, 5.74) is 5.62. The van der Waals surface area contributed by atoms with Crippen LogP contribution in [0, 0.1) is 11.8 Å². The summed E-state index contributed by atoms with van der Waals surface area (Å²) in [6.07, 6.45) is 6.93. The quantitative estimate of drug-likeness (QED) is 0.451. The molecule has 2 aromatic rings. The van der Waals surface area contributed by atoms with E-state index in [1.165, 1.54) is 35.1 Å². The van der Waals surface area contributed by atoms with Crippen molar-refractivity contribution < 1.29 is 0 Å². The standard InChI is InChI=1S/C14H22.C14H20/c2*1-11(2)5-6-13-7-9-14(10-8-13)12(3)4/h7-12H,5-6H2,1-4H3;5-12H,1-4H3/b;6-5+. The van der Waals surface area contributed by atoms with Crippen LogP contribution in [0.4, 0.5) is 0 Å². The van der Waals surface area contributed by atoms with Crippen LogP contribution in [0.2, 0.25) is 0 Å². The third kappa shape index (κ3) is 9.93. The molecule has 0 fully saturated rings. The lowest BCUT2D eigenvalue weighted by Crippen LogP contribution is -1.93. The Bertz CT molecular complexity index is 667. The molecule has 0 unspecified atom stereocenters. The molecule has 0 N–H and O–H groups in total. The first-order valence-corrected chi connectivity index (χ1v) is 11.1. The zero-order valence-electron chi connectivity index (χ0n) is 19.5. The van der Waals surface area contributed by atoms with Crippen molar-refractivity contribution in [3.63, 3.8) is 0 Å². The van der Waals surface area contributed by atoms with Gasteiger partial charge in [0.2, 0.25) is 0 Å². The second-order valence-corrected chi connectivity index (χ2v) is 9.25. The summed E-state index contributed by atoms with van der Waals surface area (Å²) >= 11 is 0. The van der Waals surface area contributed by atoms with Gasteiger partial charge >= 0.3 is 0 Å². The molecule has 0 nitrogen and oxygen atoms in total. The zero-order valence-corrected chi connectivity index (χ0v) is 19.5. The first-order chi connectivity index (χ1) is 13.2. The number of hydrogen-bond acceptors (Lipinski definition) is 0. The molecule has 0 aliphatic heterocycles. The van der Waals surface area contributed by atoms with Gasteiger partial charge in [-0.1, -0.05) is 116 Å². The molecule has 0 saturated heterocycles. The first-order valence-electron chi connectivity index (χ1n) is 11.1. The number of hydrogen-bond donors (Lipinski definition) is 0. The first kappa shape index (κ1) is 24.2. The topological polar surface area (TPSA) is 0 Å². The van der Waals surface area contributed by atoms with Gasteiger partial charge in [-0.25, -0.2) is 0 Å². The normalized spacial score (nSPS) is 11.6. The van der Waals surface area contributed by atoms with Gasteiger partial charge in [-0.3, -0.25) is 0 Å². The largest absolute Gasteiger partial charge is 0.0814 e. The van der Waals surface area contributed by atoms with Crippen LogP contribution < -0.4 is 0 Å². The average Bonchev–Trinajstić information content (AvgIpc) is 2.65. The Morgan fingerprint density at radius 1 is 0.643 bits per heavy atom. The summed E-state index contributed by atoms with van der Waals surface area (Å²) < 4.78 is 0. The lowest BCUT2D eigenvalue weighted by Gasteiger charge is -2.08. The molecule has 154 valence electrons. The van der Waals surface area contributed by atoms with Crippen LogP contribution >= 0.6 is 0 Å². The van der Waals surface area contributed by atoms with Crippen LogP contribution in [0.1, 0.15) is 95.9 Å². The van der Waals surface area contributed by atoms with E-state index in [9.17, 15) is 0 Å². The van der Waals surface area contributed by atoms with Crippen LogP contribution in [0.5, 0.6) is 0 Å². The summed E-state index contributed by atoms with van der Waals surface area (Å²) in [4.78, 5) is 0. The van der Waals surface area contributed by atoms with E-state index in [1.807, 2.05) is 0 Å². The molecule has 0 atom stereocenters. The Kier molecular flexibility index (Phi) is 10.9. The zero-order chi connectivity index (χ0) is 21.1. The van der Waals surface area contributed by atoms with Crippen LogP contribution in [0.3, 0.4) is 0 Å². The van der Waals surface area contributed by atoms with Crippen molar-refractivity contribution in [3.05, 3.63) is 76.9 Å². The van der Waals surface area contributed by atoms with E-state index in [4.69, 9.17) is 0 Å². The highest BCUT2D eigenvalue weighted by Gasteiger charge is 2.00. The molecule has 0 radical (unpaired) electrons. The molecule has 0 spiro atoms. The van der Waals surface area contributed by atoms with Gasteiger partial charge in [0.1, 0.15) is 0 Å². The van der Waals surface area contributed by atoms with Crippen LogP contribution in [0.15, 0.2) is 54.6 Å². The Labute approximate surface area is 175 Å². The van der Waals surface area contributed by atoms with Crippen molar-refractivity contribution in [2.24, 2.45) is 11.8 Å². The molecular formula is C28H42. The number of aryl methyl sites for hydroxylation is 1. The third-order valence-electron chi connectivity index (χ3n) is 4.93. The Balaban J connectivity index is 0.000000280. The maximum absolute atomic E-state index is 2.28. The van der Waals surface area contributed by atoms with Gasteiger partial charge in [0.05, 0.1) is 0 Å². The molecule has 0 aliphatic carbocycles. The van der Waals surface area contributed by atoms with Crippen molar-refractivity contribution in [3.8, 4) is 0 Å². The van der Waals surface area contributed by atoms with Crippen molar-refractivity contribution >= 4 is 6.08 Å². The van der Waals surface area contributed by atoms with Gasteiger partial charge in [0, 0.05) is 0 Å². The molecule has 0 saturated carbocycles. The summed E-state index contributed by atoms with van der Waals surface area (Å²) in [5, 5.41) is 0. The van der Waals surface area contributed by atoms with Crippen LogP contribution in [0.25, 0.3) is 6.08 Å². The summed E-state index contributed by atoms with van der Waals surface area (Å²) in [6, 6.07) is 17.9. The van der Waals surface area contributed by atoms with Gasteiger partial charge in [-0.2, -0.15) is 0 Å². The van der Waals surface area contributed by atoms with Crippen LogP contribution in [-0.4, -0.2) is 0 Å². The predicted octanol–water partition coefficient (Wildman–Crippen LogP) is 8.88. The van der Waals surface area contributed by atoms with Gasteiger partial charge in [0.25, 0.3) is 0 Å². The average molecular weight is 379 g/mol. The summed E-state index contributed by atoms with van der Waals surface area (Å²) in [5.74, 6) is 2.70. The fraction of sp³-hybridized carbons (Fsp3) is 0.500. The van der Waals surface area contributed by atoms with E-state index in [-0.39, 0.29) is 0 Å². The summed E-state index contributed by atoms with van der Waals surface area (Å²) in [7, 11) is 0. The highest BCUT2D eigenvalue weighted by molar-refractivity contribution is 5.50. The monoisotopic (exact) mass is 378 g/mol. The van der Waals surface area contributed by atoms with Gasteiger partial charge in [-0.05, 0) is 58.8 Å². The molecule has 2 rings (SSSR count). The van der Waals surface area contributed by atoms with Crippen molar-refractivity contribution in [2.75, 3.05) is 0 Å². The molecule has 0 aromatic heterocycles. The Morgan fingerprint density at radius 2 is 1.11 bits per heavy atom. The highest BCUT2D eigenvalue weighted by atomic mass is 14.1. The smallest absolute Gasteiger partial charge is 0.0219 e. The van der Waals surface area contributed by atoms with E-state index in [2.05, 4.69) is 116 Å². The van der Waals surface area contributed by atoms with E-state index < -0.39 is 0 Å². The molecule has 0 bridgehead atoms. The molecule has 0 aliphatic rings. The van der Waals surface area contributed by atoms with E-state index in [1.54, 1.807) is 0 Å². The number of allylic oxidation sites excluding steroid dienone is 1. The Hall–Kier alpha value is -1.82. The van der Waals surface area contributed by atoms with Crippen molar-refractivity contribution in [2.45, 2.75) is 80.1 Å². The fourth-order valence-corrected chi connectivity index (χ4v) is 2.82. The van der Waals surface area contributed by atoms with Crippen LogP contribution in [-0.2, 0) is 6.42 Å². The minimum absolute atomic E-state index is 0.623. The maximum Gasteiger partial charge on any atom is -0.0219 e. The number of rotatable bonds is 7. The minimum atomic E-state index is 0.623. The fourth-order valence-electron chi connectivity index (χ4n) is 2.82. The maximum atomic E-state index is 2.28. The number of benzene rings is 2. The van der Waals surface area contributed by atoms with E-state index in [0.717, 1.165) is 5.92 Å². The molecule has 0 heterocycles. The van der Waals surface area contributed by atoms with Gasteiger partial charge < -0.3 is 0 Å². The van der Waals surface area contributed by atoms with E-state index in [0.29, 0.717) is 17.8 Å². The third-order valence-corrected chi connectivity index (χ3v) is 4.93. The second kappa shape index (κ2) is 12.6. The lowest BCUT2D eigenvalue weighted by molar-refractivity contribution is 0.586. The second-order valence-electron chi connectivity index (χ2n) is 9.25. The molecule has 2 aromatic carbocycles. The van der Waals surface area contributed by atoms with Crippen molar-refractivity contribution in [1.82, 2.24) is 0 Å². The molecular weight excluding hydrogens is 336 g/mol. The summed E-state index contributed by atoms with van der Waals surface area (Å²) in [6.45, 7) is 17.9. The lowest BCUT2D eigenvalue weighted by atomic mass is 9.98. The van der Waals surface area contributed by atoms with Crippen molar-refractivity contribution in [1.29, 1.82) is 0 Å². The molecule has 0 amide bonds. The van der Waals surface area contributed by atoms with E-state index >= 15 is 0 Å². The predicted molar refractivity (Wildman–Crippen MR) is 128 cm³/mol. The molecule has 28 heavy (non-hydrogen) atoms. The Morgan fingerprint density at radius 3 is 1.50 bits per heavy atom. The molecule has 0 heteroatoms. The van der Waals surface area contributed by atoms with Gasteiger partial charge in [-0.15, -0.1) is 0 Å². The highest BCUT2D eigenvalue weighted by Crippen LogP contribution is 2.17. The SMILES string of the molecule is CC(C)/C=C/c1ccc(C(C)C)cc1.CC(C)CCc1ccc(C(C)C)cc1. The minimum Gasteiger partial charge on any atom is -0.0814 e.